The molecule has 0 saturated carbocycles. The zero-order valence-electron chi connectivity index (χ0n) is 19.1. The zero-order chi connectivity index (χ0) is 22.1. The monoisotopic (exact) mass is 418 g/mol. The average molecular weight is 419 g/mol. The normalized spacial score (nSPS) is 13.3. The van der Waals surface area contributed by atoms with Crippen LogP contribution in [0.3, 0.4) is 0 Å². The molecule has 0 bridgehead atoms. The summed E-state index contributed by atoms with van der Waals surface area (Å²) < 4.78 is 6.03. The van der Waals surface area contributed by atoms with Gasteiger partial charge in [0.25, 0.3) is 0 Å². The van der Waals surface area contributed by atoms with Crippen LogP contribution >= 0.6 is 0 Å². The van der Waals surface area contributed by atoms with Gasteiger partial charge in [-0.1, -0.05) is 6.07 Å². The molecular formula is C24H30N6O. The second kappa shape index (κ2) is 8.41. The zero-order valence-corrected chi connectivity index (χ0v) is 19.1. The van der Waals surface area contributed by atoms with E-state index in [4.69, 9.17) is 4.74 Å². The number of ether oxygens (including phenoxy) is 1. The Morgan fingerprint density at radius 1 is 0.871 bits per heavy atom. The highest BCUT2D eigenvalue weighted by atomic mass is 16.5. The Kier molecular flexibility index (Phi) is 5.67. The van der Waals surface area contributed by atoms with Crippen LogP contribution in [-0.2, 0) is 0 Å². The lowest BCUT2D eigenvalue weighted by molar-refractivity contribution is 0.320. The van der Waals surface area contributed by atoms with Gasteiger partial charge in [-0.25, -0.2) is 9.97 Å². The van der Waals surface area contributed by atoms with Crippen molar-refractivity contribution < 1.29 is 4.74 Å². The molecule has 3 aromatic rings. The van der Waals surface area contributed by atoms with E-state index in [1.54, 1.807) is 0 Å². The molecular weight excluding hydrogens is 388 g/mol. The first kappa shape index (κ1) is 20.9. The van der Waals surface area contributed by atoms with E-state index < -0.39 is 0 Å². The molecule has 0 spiro atoms. The van der Waals surface area contributed by atoms with Gasteiger partial charge in [-0.3, -0.25) is 0 Å². The number of hydrogen-bond acceptors (Lipinski definition) is 7. The first-order valence-electron chi connectivity index (χ1n) is 10.6. The highest BCUT2D eigenvalue weighted by Gasteiger charge is 2.20. The Balaban J connectivity index is 1.63. The Bertz CT molecular complexity index is 1130. The van der Waals surface area contributed by atoms with Gasteiger partial charge in [0.15, 0.2) is 0 Å². The Morgan fingerprint density at radius 2 is 1.55 bits per heavy atom. The predicted octanol–water partition coefficient (Wildman–Crippen LogP) is 5.12. The number of aryl methyl sites for hydroxylation is 1. The summed E-state index contributed by atoms with van der Waals surface area (Å²) in [7, 11) is 2.10. The van der Waals surface area contributed by atoms with Gasteiger partial charge in [-0.15, -0.1) is 0 Å². The van der Waals surface area contributed by atoms with Crippen LogP contribution in [0.5, 0.6) is 5.75 Å². The van der Waals surface area contributed by atoms with Crippen molar-refractivity contribution >= 4 is 29.0 Å². The van der Waals surface area contributed by atoms with Crippen LogP contribution in [0.15, 0.2) is 24.5 Å². The van der Waals surface area contributed by atoms with Crippen LogP contribution in [0.2, 0.25) is 0 Å². The van der Waals surface area contributed by atoms with E-state index in [0.717, 1.165) is 53.5 Å². The Hall–Kier alpha value is -3.35. The molecule has 7 nitrogen and oxygen atoms in total. The third-order valence-electron chi connectivity index (χ3n) is 6.24. The quantitative estimate of drug-likeness (QED) is 0.609. The number of rotatable bonds is 4. The maximum absolute atomic E-state index is 6.03. The third kappa shape index (κ3) is 4.13. The predicted molar refractivity (Wildman–Crippen MR) is 126 cm³/mol. The number of benzene rings is 2. The van der Waals surface area contributed by atoms with Gasteiger partial charge in [0, 0.05) is 25.0 Å². The molecule has 2 aromatic carbocycles. The maximum Gasteiger partial charge on any atom is 0.232 e. The molecule has 0 unspecified atom stereocenters. The molecule has 2 heterocycles. The standard InChI is InChI=1S/C24H30N6O/c1-14-8-9-19(16(3)15(14)2)27-23-25-13-26-24(29-23)28-20-12-21-22(18(5)17(20)4)31-11-7-10-30(21)6/h8-9,12-13H,7,10-11H2,1-6H3,(H2,25,26,27,28,29). The summed E-state index contributed by atoms with van der Waals surface area (Å²) >= 11 is 0. The van der Waals surface area contributed by atoms with Gasteiger partial charge in [-0.2, -0.15) is 4.98 Å². The molecule has 0 atom stereocenters. The van der Waals surface area contributed by atoms with Crippen molar-refractivity contribution in [3.05, 3.63) is 52.3 Å². The highest BCUT2D eigenvalue weighted by Crippen LogP contribution is 2.40. The van der Waals surface area contributed by atoms with Crippen LogP contribution < -0.4 is 20.3 Å². The van der Waals surface area contributed by atoms with Crippen LogP contribution in [0.4, 0.5) is 29.0 Å². The van der Waals surface area contributed by atoms with Gasteiger partial charge in [0.1, 0.15) is 12.1 Å². The molecule has 1 aliphatic heterocycles. The van der Waals surface area contributed by atoms with E-state index in [2.05, 4.69) is 90.4 Å². The smallest absolute Gasteiger partial charge is 0.232 e. The van der Waals surface area contributed by atoms with Crippen molar-refractivity contribution in [2.45, 2.75) is 41.0 Å². The molecule has 0 fully saturated rings. The second-order valence-electron chi connectivity index (χ2n) is 8.21. The number of nitrogens with one attached hydrogen (secondary N) is 2. The topological polar surface area (TPSA) is 75.2 Å². The van der Waals surface area contributed by atoms with Crippen LogP contribution in [0, 0.1) is 34.6 Å². The average Bonchev–Trinajstić information content (AvgIpc) is 2.94. The summed E-state index contributed by atoms with van der Waals surface area (Å²) in [6, 6.07) is 6.28. The van der Waals surface area contributed by atoms with Crippen molar-refractivity contribution in [3.8, 4) is 5.75 Å². The van der Waals surface area contributed by atoms with Crippen molar-refractivity contribution in [3.63, 3.8) is 0 Å². The van der Waals surface area contributed by atoms with E-state index in [1.807, 2.05) is 0 Å². The second-order valence-corrected chi connectivity index (χ2v) is 8.21. The van der Waals surface area contributed by atoms with E-state index in [1.165, 1.54) is 23.0 Å². The first-order valence-corrected chi connectivity index (χ1v) is 10.6. The van der Waals surface area contributed by atoms with E-state index >= 15 is 0 Å². The summed E-state index contributed by atoms with van der Waals surface area (Å²) in [5.74, 6) is 1.97. The lowest BCUT2D eigenvalue weighted by atomic mass is 10.0. The summed E-state index contributed by atoms with van der Waals surface area (Å²) in [5, 5.41) is 6.71. The minimum Gasteiger partial charge on any atom is -0.491 e. The van der Waals surface area contributed by atoms with Gasteiger partial charge in [0.2, 0.25) is 11.9 Å². The number of hydrogen-bond donors (Lipinski definition) is 2. The fourth-order valence-electron chi connectivity index (χ4n) is 3.82. The molecule has 1 aliphatic rings. The molecule has 0 saturated heterocycles. The van der Waals surface area contributed by atoms with Gasteiger partial charge >= 0.3 is 0 Å². The number of anilines is 5. The van der Waals surface area contributed by atoms with E-state index in [9.17, 15) is 0 Å². The van der Waals surface area contributed by atoms with E-state index in [-0.39, 0.29) is 0 Å². The van der Waals surface area contributed by atoms with Crippen LogP contribution in [-0.4, -0.2) is 35.2 Å². The van der Waals surface area contributed by atoms with Crippen molar-refractivity contribution in [2.24, 2.45) is 0 Å². The number of aromatic nitrogens is 3. The lowest BCUT2D eigenvalue weighted by Crippen LogP contribution is -2.17. The van der Waals surface area contributed by atoms with Crippen LogP contribution in [0.25, 0.3) is 0 Å². The van der Waals surface area contributed by atoms with Gasteiger partial charge in [-0.05, 0) is 81.0 Å². The molecule has 162 valence electrons. The summed E-state index contributed by atoms with van der Waals surface area (Å²) in [6.45, 7) is 12.2. The summed E-state index contributed by atoms with van der Waals surface area (Å²) in [6.07, 6.45) is 2.53. The van der Waals surface area contributed by atoms with Gasteiger partial charge < -0.3 is 20.3 Å². The minimum atomic E-state index is 0.499. The SMILES string of the molecule is Cc1ccc(Nc2ncnc(Nc3cc4c(c(C)c3C)OCCCN4C)n2)c(C)c1C. The van der Waals surface area contributed by atoms with Crippen molar-refractivity contribution in [1.29, 1.82) is 0 Å². The lowest BCUT2D eigenvalue weighted by Gasteiger charge is -2.22. The number of fused-ring (bicyclic) bond motifs is 1. The van der Waals surface area contributed by atoms with Crippen molar-refractivity contribution in [1.82, 2.24) is 15.0 Å². The molecule has 2 N–H and O–H groups in total. The highest BCUT2D eigenvalue weighted by molar-refractivity contribution is 5.75. The third-order valence-corrected chi connectivity index (χ3v) is 6.24. The first-order chi connectivity index (χ1) is 14.8. The maximum atomic E-state index is 6.03. The molecule has 7 heteroatoms. The number of nitrogens with zero attached hydrogens (tertiary/aromatic N) is 4. The van der Waals surface area contributed by atoms with Gasteiger partial charge in [0.05, 0.1) is 12.3 Å². The fraction of sp³-hybridized carbons (Fsp3) is 0.375. The fourth-order valence-corrected chi connectivity index (χ4v) is 3.82. The molecule has 0 aliphatic carbocycles. The molecule has 0 radical (unpaired) electrons. The molecule has 31 heavy (non-hydrogen) atoms. The molecule has 4 rings (SSSR count). The largest absolute Gasteiger partial charge is 0.491 e. The summed E-state index contributed by atoms with van der Waals surface area (Å²) in [4.78, 5) is 15.5. The molecule has 1 aromatic heterocycles. The summed E-state index contributed by atoms with van der Waals surface area (Å²) in [5.41, 5.74) is 9.02. The van der Waals surface area contributed by atoms with Crippen LogP contribution in [0.1, 0.15) is 34.2 Å². The Labute approximate surface area is 183 Å². The minimum absolute atomic E-state index is 0.499. The molecule has 0 amide bonds. The van der Waals surface area contributed by atoms with Crippen molar-refractivity contribution in [2.75, 3.05) is 35.7 Å². The van der Waals surface area contributed by atoms with E-state index in [0.29, 0.717) is 11.9 Å². The Morgan fingerprint density at radius 3 is 2.29 bits per heavy atom.